The van der Waals surface area contributed by atoms with Crippen molar-refractivity contribution >= 4 is 12.2 Å². The molecule has 0 aromatic rings. The number of primary amides is 1. The van der Waals surface area contributed by atoms with Gasteiger partial charge in [0, 0.05) is 19.5 Å². The normalized spacial score (nSPS) is 14.2. The molecular weight excluding hydrogens is 238 g/mol. The second kappa shape index (κ2) is 10.8. The van der Waals surface area contributed by atoms with Crippen molar-refractivity contribution in [2.75, 3.05) is 19.6 Å². The van der Waals surface area contributed by atoms with Gasteiger partial charge in [-0.15, -0.1) is 0 Å². The second-order valence-electron chi connectivity index (χ2n) is 5.46. The van der Waals surface area contributed by atoms with Crippen LogP contribution in [-0.4, -0.2) is 36.8 Å². The van der Waals surface area contributed by atoms with Crippen LogP contribution in [-0.2, 0) is 4.79 Å². The first kappa shape index (κ1) is 16.0. The third-order valence-corrected chi connectivity index (χ3v) is 3.63. The summed E-state index contributed by atoms with van der Waals surface area (Å²) >= 11 is 0. The molecule has 1 aliphatic rings. The number of aliphatic imine (C=N–C) groups is 1. The maximum atomic E-state index is 10.5. The fraction of sp³-hybridized carbons (Fsp3) is 0.867. The zero-order chi connectivity index (χ0) is 13.8. The summed E-state index contributed by atoms with van der Waals surface area (Å²) in [6.45, 7) is 3.28. The summed E-state index contributed by atoms with van der Waals surface area (Å²) in [5.74, 6) is -0.164. The van der Waals surface area contributed by atoms with E-state index in [1.54, 1.807) is 0 Å². The Balaban J connectivity index is 1.71. The topological polar surface area (TPSA) is 58.7 Å². The minimum atomic E-state index is -0.164. The maximum absolute atomic E-state index is 10.5. The lowest BCUT2D eigenvalue weighted by molar-refractivity contribution is -0.118. The molecule has 0 aromatic carbocycles. The molecule has 0 bridgehead atoms. The van der Waals surface area contributed by atoms with Crippen LogP contribution in [0.15, 0.2) is 4.99 Å². The van der Waals surface area contributed by atoms with Crippen LogP contribution in [0, 0.1) is 0 Å². The van der Waals surface area contributed by atoms with E-state index in [4.69, 9.17) is 5.73 Å². The molecule has 2 N–H and O–H groups in total. The smallest absolute Gasteiger partial charge is 0.217 e. The van der Waals surface area contributed by atoms with Crippen molar-refractivity contribution in [2.45, 2.75) is 64.2 Å². The van der Waals surface area contributed by atoms with Gasteiger partial charge in [0.15, 0.2) is 0 Å². The maximum Gasteiger partial charge on any atom is 0.217 e. The number of hydrogen-bond donors (Lipinski definition) is 1. The first-order valence-corrected chi connectivity index (χ1v) is 7.81. The summed E-state index contributed by atoms with van der Waals surface area (Å²) in [6.07, 6.45) is 13.9. The number of amides is 1. The molecule has 1 heterocycles. The number of carbonyl (C=O) groups is 1. The van der Waals surface area contributed by atoms with Gasteiger partial charge < -0.3 is 10.6 Å². The number of unbranched alkanes of at least 4 members (excludes halogenated alkanes) is 8. The Bertz CT molecular complexity index is 266. The van der Waals surface area contributed by atoms with Crippen LogP contribution in [0.3, 0.4) is 0 Å². The highest BCUT2D eigenvalue weighted by atomic mass is 16.1. The van der Waals surface area contributed by atoms with E-state index in [-0.39, 0.29) is 5.91 Å². The summed E-state index contributed by atoms with van der Waals surface area (Å²) < 4.78 is 0. The van der Waals surface area contributed by atoms with Gasteiger partial charge in [0.25, 0.3) is 0 Å². The molecule has 0 saturated carbocycles. The molecule has 0 aliphatic carbocycles. The first-order valence-electron chi connectivity index (χ1n) is 7.81. The van der Waals surface area contributed by atoms with Gasteiger partial charge in [-0.3, -0.25) is 9.79 Å². The van der Waals surface area contributed by atoms with Gasteiger partial charge in [-0.05, 0) is 12.8 Å². The van der Waals surface area contributed by atoms with Gasteiger partial charge >= 0.3 is 0 Å². The summed E-state index contributed by atoms with van der Waals surface area (Å²) in [4.78, 5) is 17.1. The average molecular weight is 267 g/mol. The van der Waals surface area contributed by atoms with Crippen molar-refractivity contribution in [1.82, 2.24) is 4.90 Å². The fourth-order valence-corrected chi connectivity index (χ4v) is 2.44. The molecule has 19 heavy (non-hydrogen) atoms. The predicted octanol–water partition coefficient (Wildman–Crippen LogP) is 2.72. The van der Waals surface area contributed by atoms with E-state index in [1.807, 2.05) is 6.34 Å². The van der Waals surface area contributed by atoms with Crippen molar-refractivity contribution in [3.05, 3.63) is 0 Å². The Labute approximate surface area is 117 Å². The van der Waals surface area contributed by atoms with Crippen molar-refractivity contribution in [3.8, 4) is 0 Å². The van der Waals surface area contributed by atoms with Gasteiger partial charge in [0.1, 0.15) is 0 Å². The molecular formula is C15H29N3O. The van der Waals surface area contributed by atoms with E-state index in [0.29, 0.717) is 6.42 Å². The van der Waals surface area contributed by atoms with Gasteiger partial charge in [0.2, 0.25) is 5.91 Å². The fourth-order valence-electron chi connectivity index (χ4n) is 2.44. The zero-order valence-electron chi connectivity index (χ0n) is 12.1. The van der Waals surface area contributed by atoms with Crippen molar-refractivity contribution in [2.24, 2.45) is 10.7 Å². The monoisotopic (exact) mass is 267 g/mol. The lowest BCUT2D eigenvalue weighted by atomic mass is 10.1. The van der Waals surface area contributed by atoms with Crippen molar-refractivity contribution < 1.29 is 4.79 Å². The molecule has 0 aromatic heterocycles. The zero-order valence-corrected chi connectivity index (χ0v) is 12.1. The van der Waals surface area contributed by atoms with Crippen LogP contribution in [0.1, 0.15) is 64.2 Å². The largest absolute Gasteiger partial charge is 0.370 e. The Morgan fingerprint density at radius 1 is 1.00 bits per heavy atom. The third-order valence-electron chi connectivity index (χ3n) is 3.63. The van der Waals surface area contributed by atoms with E-state index < -0.39 is 0 Å². The minimum absolute atomic E-state index is 0.164. The Kier molecular flexibility index (Phi) is 9.11. The van der Waals surface area contributed by atoms with E-state index in [1.165, 1.54) is 51.5 Å². The second-order valence-corrected chi connectivity index (χ2v) is 5.46. The highest BCUT2D eigenvalue weighted by molar-refractivity contribution is 5.73. The number of hydrogen-bond acceptors (Lipinski definition) is 3. The van der Waals surface area contributed by atoms with Gasteiger partial charge in [0.05, 0.1) is 12.9 Å². The lowest BCUT2D eigenvalue weighted by Crippen LogP contribution is -2.20. The molecule has 1 aliphatic heterocycles. The van der Waals surface area contributed by atoms with Crippen LogP contribution >= 0.6 is 0 Å². The standard InChI is InChI=1S/C15H29N3O/c16-15(19)10-8-6-4-2-1-3-5-7-9-12-18-13-11-17-14-18/h14H,1-13H2,(H2,16,19). The number of rotatable bonds is 12. The molecule has 0 radical (unpaired) electrons. The highest BCUT2D eigenvalue weighted by Gasteiger charge is 2.03. The van der Waals surface area contributed by atoms with Gasteiger partial charge in [-0.2, -0.15) is 0 Å². The van der Waals surface area contributed by atoms with Crippen molar-refractivity contribution in [1.29, 1.82) is 0 Å². The van der Waals surface area contributed by atoms with E-state index in [2.05, 4.69) is 9.89 Å². The predicted molar refractivity (Wildman–Crippen MR) is 80.3 cm³/mol. The minimum Gasteiger partial charge on any atom is -0.370 e. The van der Waals surface area contributed by atoms with Crippen molar-refractivity contribution in [3.63, 3.8) is 0 Å². The molecule has 0 saturated heterocycles. The van der Waals surface area contributed by atoms with E-state index in [0.717, 1.165) is 25.9 Å². The quantitative estimate of drug-likeness (QED) is 0.553. The van der Waals surface area contributed by atoms with Crippen LogP contribution in [0.25, 0.3) is 0 Å². The molecule has 0 unspecified atom stereocenters. The van der Waals surface area contributed by atoms with Crippen LogP contribution in [0.4, 0.5) is 0 Å². The van der Waals surface area contributed by atoms with E-state index in [9.17, 15) is 4.79 Å². The molecule has 4 heteroatoms. The molecule has 0 fully saturated rings. The lowest BCUT2D eigenvalue weighted by Gasteiger charge is -2.12. The molecule has 110 valence electrons. The third kappa shape index (κ3) is 9.51. The SMILES string of the molecule is NC(=O)CCCCCCCCCCCN1C=NCC1. The first-order chi connectivity index (χ1) is 9.29. The molecule has 1 rings (SSSR count). The number of nitrogens with zero attached hydrogens (tertiary/aromatic N) is 2. The summed E-state index contributed by atoms with van der Waals surface area (Å²) in [5, 5.41) is 0. The number of carbonyl (C=O) groups excluding carboxylic acids is 1. The molecule has 4 nitrogen and oxygen atoms in total. The molecule has 1 amide bonds. The van der Waals surface area contributed by atoms with E-state index >= 15 is 0 Å². The molecule has 0 atom stereocenters. The Morgan fingerprint density at radius 3 is 2.11 bits per heavy atom. The summed E-state index contributed by atoms with van der Waals surface area (Å²) in [5.41, 5.74) is 5.10. The van der Waals surface area contributed by atoms with Crippen LogP contribution in [0.2, 0.25) is 0 Å². The summed E-state index contributed by atoms with van der Waals surface area (Å²) in [7, 11) is 0. The van der Waals surface area contributed by atoms with Crippen LogP contribution < -0.4 is 5.73 Å². The Hall–Kier alpha value is -1.06. The molecule has 0 spiro atoms. The Morgan fingerprint density at radius 2 is 1.58 bits per heavy atom. The van der Waals surface area contributed by atoms with Crippen LogP contribution in [0.5, 0.6) is 0 Å². The number of nitrogens with two attached hydrogens (primary N) is 1. The van der Waals surface area contributed by atoms with Gasteiger partial charge in [-0.1, -0.05) is 44.9 Å². The van der Waals surface area contributed by atoms with Gasteiger partial charge in [-0.25, -0.2) is 0 Å². The average Bonchev–Trinajstić information content (AvgIpc) is 2.88. The highest BCUT2D eigenvalue weighted by Crippen LogP contribution is 2.10. The summed E-state index contributed by atoms with van der Waals surface area (Å²) in [6, 6.07) is 0.